The summed E-state index contributed by atoms with van der Waals surface area (Å²) in [6.45, 7) is 12.0. The summed E-state index contributed by atoms with van der Waals surface area (Å²) in [5, 5.41) is 0. The molecular formula is C25H36O2Si. The second-order valence-electron chi connectivity index (χ2n) is 11.0. The molecule has 0 radical (unpaired) electrons. The summed E-state index contributed by atoms with van der Waals surface area (Å²) in [7, 11) is 0.221. The first-order chi connectivity index (χ1) is 13.2. The van der Waals surface area contributed by atoms with Gasteiger partial charge in [-0.2, -0.15) is 0 Å². The Balaban J connectivity index is 1.54. The van der Waals surface area contributed by atoms with Crippen molar-refractivity contribution in [2.75, 3.05) is 7.11 Å². The smallest absolute Gasteiger partial charge is 0.184 e. The third kappa shape index (κ3) is 2.48. The molecule has 2 unspecified atom stereocenters. The number of hydrogen-bond donors (Lipinski definition) is 0. The van der Waals surface area contributed by atoms with E-state index >= 15 is 0 Å². The van der Waals surface area contributed by atoms with Gasteiger partial charge in [0.1, 0.15) is 5.75 Å². The van der Waals surface area contributed by atoms with E-state index in [4.69, 9.17) is 9.16 Å². The first-order valence-corrected chi connectivity index (χ1v) is 14.7. The van der Waals surface area contributed by atoms with Crippen molar-refractivity contribution in [1.82, 2.24) is 0 Å². The van der Waals surface area contributed by atoms with Crippen molar-refractivity contribution in [3.05, 3.63) is 41.0 Å². The maximum atomic E-state index is 6.95. The molecule has 6 atom stereocenters. The van der Waals surface area contributed by atoms with Gasteiger partial charge in [0.15, 0.2) is 8.32 Å². The fourth-order valence-corrected chi connectivity index (χ4v) is 8.73. The molecule has 2 fully saturated rings. The standard InChI is InChI=1S/C25H36O2Si/c1-7-16-12-17-13-19(26-3)8-9-20(17)21-10-11-24(2)22(23(16)21)14-18-15-25(18,24)27-28(4,5)6/h8-9,13-14,16,18,21,23H,7,10-12,15H2,1-6H3/t16-,18?,21-,23-,24+,25?/m1/s1. The molecule has 152 valence electrons. The molecule has 0 bridgehead atoms. The van der Waals surface area contributed by atoms with Gasteiger partial charge in [-0.1, -0.05) is 38.0 Å². The highest BCUT2D eigenvalue weighted by Crippen LogP contribution is 2.74. The van der Waals surface area contributed by atoms with Crippen molar-refractivity contribution in [2.24, 2.45) is 23.2 Å². The van der Waals surface area contributed by atoms with E-state index in [9.17, 15) is 0 Å². The van der Waals surface area contributed by atoms with Gasteiger partial charge in [0, 0.05) is 11.3 Å². The summed E-state index contributed by atoms with van der Waals surface area (Å²) < 4.78 is 12.5. The van der Waals surface area contributed by atoms with Crippen molar-refractivity contribution in [3.63, 3.8) is 0 Å². The van der Waals surface area contributed by atoms with Gasteiger partial charge in [0.05, 0.1) is 12.7 Å². The molecule has 0 N–H and O–H groups in total. The van der Waals surface area contributed by atoms with Crippen molar-refractivity contribution >= 4 is 8.32 Å². The summed E-state index contributed by atoms with van der Waals surface area (Å²) >= 11 is 0. The van der Waals surface area contributed by atoms with Gasteiger partial charge in [-0.25, -0.2) is 0 Å². The SMILES string of the molecule is CC[C@@H]1Cc2cc(OC)ccc2[C@H]2CC[C@@]3(C)C(=CC4CC43O[Si](C)(C)C)[C@H]12. The number of hydrogen-bond acceptors (Lipinski definition) is 2. The largest absolute Gasteiger partial charge is 0.497 e. The van der Waals surface area contributed by atoms with Crippen LogP contribution < -0.4 is 4.74 Å². The molecule has 0 heterocycles. The molecule has 5 rings (SSSR count). The second kappa shape index (κ2) is 5.98. The number of rotatable bonds is 4. The van der Waals surface area contributed by atoms with Gasteiger partial charge in [0.25, 0.3) is 0 Å². The first kappa shape index (κ1) is 18.9. The zero-order valence-corrected chi connectivity index (χ0v) is 19.5. The lowest BCUT2D eigenvalue weighted by atomic mass is 9.53. The highest BCUT2D eigenvalue weighted by Gasteiger charge is 2.72. The van der Waals surface area contributed by atoms with Crippen LogP contribution in [0, 0.1) is 23.2 Å². The van der Waals surface area contributed by atoms with Gasteiger partial charge in [-0.3, -0.25) is 0 Å². The van der Waals surface area contributed by atoms with Crippen molar-refractivity contribution in [1.29, 1.82) is 0 Å². The normalized spacial score (nSPS) is 40.7. The van der Waals surface area contributed by atoms with E-state index in [0.717, 1.165) is 11.7 Å². The van der Waals surface area contributed by atoms with Crippen LogP contribution in [-0.2, 0) is 10.8 Å². The molecule has 1 aromatic rings. The average molecular weight is 397 g/mol. The predicted octanol–water partition coefficient (Wildman–Crippen LogP) is 6.33. The van der Waals surface area contributed by atoms with Crippen LogP contribution in [0.1, 0.15) is 56.6 Å². The van der Waals surface area contributed by atoms with Crippen LogP contribution in [0.15, 0.2) is 29.8 Å². The Morgan fingerprint density at radius 2 is 2.00 bits per heavy atom. The Hall–Kier alpha value is -1.06. The molecule has 0 aliphatic heterocycles. The van der Waals surface area contributed by atoms with E-state index in [-0.39, 0.29) is 11.0 Å². The fraction of sp³-hybridized carbons (Fsp3) is 0.680. The maximum absolute atomic E-state index is 6.95. The van der Waals surface area contributed by atoms with Gasteiger partial charge >= 0.3 is 0 Å². The Morgan fingerprint density at radius 1 is 1.21 bits per heavy atom. The van der Waals surface area contributed by atoms with E-state index < -0.39 is 8.32 Å². The second-order valence-corrected chi connectivity index (χ2v) is 15.4. The molecule has 1 aromatic carbocycles. The van der Waals surface area contributed by atoms with E-state index in [1.807, 2.05) is 0 Å². The predicted molar refractivity (Wildman–Crippen MR) is 117 cm³/mol. The van der Waals surface area contributed by atoms with E-state index in [2.05, 4.69) is 57.8 Å². The van der Waals surface area contributed by atoms with Crippen LogP contribution >= 0.6 is 0 Å². The molecule has 4 aliphatic rings. The highest BCUT2D eigenvalue weighted by molar-refractivity contribution is 6.69. The van der Waals surface area contributed by atoms with Gasteiger partial charge < -0.3 is 9.16 Å². The average Bonchev–Trinajstić information content (AvgIpc) is 3.28. The van der Waals surface area contributed by atoms with Crippen molar-refractivity contribution in [2.45, 2.75) is 77.1 Å². The Kier molecular flexibility index (Phi) is 4.04. The summed E-state index contributed by atoms with van der Waals surface area (Å²) in [5.41, 5.74) is 5.30. The quantitative estimate of drug-likeness (QED) is 0.437. The number of ether oxygens (including phenoxy) is 1. The molecule has 2 nitrogen and oxygen atoms in total. The monoisotopic (exact) mass is 396 g/mol. The molecule has 3 heteroatoms. The molecule has 0 spiro atoms. The Bertz CT molecular complexity index is 837. The maximum Gasteiger partial charge on any atom is 0.184 e. The number of benzene rings is 1. The molecule has 28 heavy (non-hydrogen) atoms. The van der Waals surface area contributed by atoms with Crippen LogP contribution in [0.3, 0.4) is 0 Å². The minimum absolute atomic E-state index is 0.135. The van der Waals surface area contributed by atoms with E-state index in [0.29, 0.717) is 17.8 Å². The molecule has 2 saturated carbocycles. The minimum atomic E-state index is -1.56. The number of fused-ring (bicyclic) bond motifs is 7. The lowest BCUT2D eigenvalue weighted by Crippen LogP contribution is -2.49. The summed E-state index contributed by atoms with van der Waals surface area (Å²) in [4.78, 5) is 0. The molecule has 0 aromatic heterocycles. The first-order valence-electron chi connectivity index (χ1n) is 11.3. The third-order valence-corrected chi connectivity index (χ3v) is 9.39. The van der Waals surface area contributed by atoms with E-state index in [1.54, 1.807) is 18.2 Å². The van der Waals surface area contributed by atoms with Gasteiger partial charge in [-0.05, 0) is 86.3 Å². The lowest BCUT2D eigenvalue weighted by molar-refractivity contribution is 0.0178. The van der Waals surface area contributed by atoms with Crippen LogP contribution in [-0.4, -0.2) is 21.0 Å². The highest BCUT2D eigenvalue weighted by atomic mass is 28.4. The molecule has 0 saturated heterocycles. The van der Waals surface area contributed by atoms with Crippen LogP contribution in [0.4, 0.5) is 0 Å². The molecule has 0 amide bonds. The van der Waals surface area contributed by atoms with Crippen molar-refractivity contribution in [3.8, 4) is 5.75 Å². The summed E-state index contributed by atoms with van der Waals surface area (Å²) in [6, 6.07) is 6.84. The van der Waals surface area contributed by atoms with Gasteiger partial charge in [-0.15, -0.1) is 0 Å². The fourth-order valence-electron chi connectivity index (χ4n) is 7.18. The zero-order chi connectivity index (χ0) is 19.9. The third-order valence-electron chi connectivity index (χ3n) is 8.41. The van der Waals surface area contributed by atoms with Crippen LogP contribution in [0.5, 0.6) is 5.75 Å². The van der Waals surface area contributed by atoms with Crippen LogP contribution in [0.2, 0.25) is 19.6 Å². The Morgan fingerprint density at radius 3 is 2.68 bits per heavy atom. The zero-order valence-electron chi connectivity index (χ0n) is 18.5. The van der Waals surface area contributed by atoms with E-state index in [1.165, 1.54) is 37.7 Å². The summed E-state index contributed by atoms with van der Waals surface area (Å²) in [6.07, 6.45) is 9.00. The lowest BCUT2D eigenvalue weighted by Gasteiger charge is -2.53. The van der Waals surface area contributed by atoms with Crippen molar-refractivity contribution < 1.29 is 9.16 Å². The minimum Gasteiger partial charge on any atom is -0.497 e. The summed E-state index contributed by atoms with van der Waals surface area (Å²) in [5.74, 6) is 3.82. The van der Waals surface area contributed by atoms with Crippen LogP contribution in [0.25, 0.3) is 0 Å². The molecule has 4 aliphatic carbocycles. The topological polar surface area (TPSA) is 18.5 Å². The Labute approximate surface area is 171 Å². The van der Waals surface area contributed by atoms with Gasteiger partial charge in [0.2, 0.25) is 0 Å². The molecular weight excluding hydrogens is 360 g/mol. The number of methoxy groups -OCH3 is 1.